The van der Waals surface area contributed by atoms with Crippen molar-refractivity contribution in [1.82, 2.24) is 9.80 Å². The van der Waals surface area contributed by atoms with Gasteiger partial charge < -0.3 is 19.9 Å². The molecule has 1 atom stereocenters. The second-order valence-corrected chi connectivity index (χ2v) is 8.06. The van der Waals surface area contributed by atoms with Crippen molar-refractivity contribution in [3.05, 3.63) is 53.6 Å². The lowest BCUT2D eigenvalue weighted by molar-refractivity contribution is -0.117. The van der Waals surface area contributed by atoms with Crippen LogP contribution in [0.3, 0.4) is 0 Å². The molecule has 0 spiro atoms. The zero-order valence-corrected chi connectivity index (χ0v) is 18.6. The van der Waals surface area contributed by atoms with Crippen LogP contribution in [0, 0.1) is 13.8 Å². The lowest BCUT2D eigenvalue weighted by Crippen LogP contribution is -2.50. The standard InChI is InChI=1S/C24H33N3O4/c1-18-8-9-21(19(2)14-18)25-24(29)16-27-12-10-26(11-13-27)15-20(28)17-31-23-7-5-4-6-22(23)30-3/h4-9,14,20,28H,10-13,15-17H2,1-3H3,(H,25,29)/t20-/m1/s1. The van der Waals surface area contributed by atoms with E-state index in [2.05, 4.69) is 21.2 Å². The first-order valence-electron chi connectivity index (χ1n) is 10.7. The number of anilines is 1. The fraction of sp³-hybridized carbons (Fsp3) is 0.458. The van der Waals surface area contributed by atoms with Gasteiger partial charge in [-0.05, 0) is 37.6 Å². The lowest BCUT2D eigenvalue weighted by Gasteiger charge is -2.35. The number of piperazine rings is 1. The van der Waals surface area contributed by atoms with Gasteiger partial charge in [-0.2, -0.15) is 0 Å². The van der Waals surface area contributed by atoms with E-state index in [0.717, 1.165) is 37.4 Å². The van der Waals surface area contributed by atoms with Gasteiger partial charge in [0.25, 0.3) is 0 Å². The van der Waals surface area contributed by atoms with Crippen LogP contribution in [-0.4, -0.2) is 79.9 Å². The topological polar surface area (TPSA) is 74.3 Å². The van der Waals surface area contributed by atoms with Crippen LogP contribution in [0.4, 0.5) is 5.69 Å². The summed E-state index contributed by atoms with van der Waals surface area (Å²) < 4.78 is 11.0. The number of aryl methyl sites for hydroxylation is 2. The Morgan fingerprint density at radius 2 is 1.74 bits per heavy atom. The predicted molar refractivity (Wildman–Crippen MR) is 122 cm³/mol. The van der Waals surface area contributed by atoms with E-state index < -0.39 is 6.10 Å². The molecule has 2 aromatic carbocycles. The largest absolute Gasteiger partial charge is 0.493 e. The summed E-state index contributed by atoms with van der Waals surface area (Å²) in [6.07, 6.45) is -0.593. The Morgan fingerprint density at radius 3 is 2.42 bits per heavy atom. The Labute approximate surface area is 184 Å². The highest BCUT2D eigenvalue weighted by atomic mass is 16.5. The smallest absolute Gasteiger partial charge is 0.238 e. The van der Waals surface area contributed by atoms with Gasteiger partial charge in [0.05, 0.1) is 13.7 Å². The third-order valence-corrected chi connectivity index (χ3v) is 5.46. The summed E-state index contributed by atoms with van der Waals surface area (Å²) in [4.78, 5) is 16.8. The maximum atomic E-state index is 12.4. The molecule has 0 bridgehead atoms. The Balaban J connectivity index is 1.37. The van der Waals surface area contributed by atoms with Gasteiger partial charge in [-0.25, -0.2) is 0 Å². The number of carbonyl (C=O) groups is 1. The van der Waals surface area contributed by atoms with Crippen molar-refractivity contribution in [3.63, 3.8) is 0 Å². The number of methoxy groups -OCH3 is 1. The SMILES string of the molecule is COc1ccccc1OC[C@H](O)CN1CCN(CC(=O)Nc2ccc(C)cc2C)CC1. The molecule has 7 heteroatoms. The first kappa shape index (κ1) is 23.1. The summed E-state index contributed by atoms with van der Waals surface area (Å²) in [5.74, 6) is 1.29. The molecule has 168 valence electrons. The molecule has 0 aromatic heterocycles. The fourth-order valence-electron chi connectivity index (χ4n) is 3.75. The first-order valence-corrected chi connectivity index (χ1v) is 10.7. The van der Waals surface area contributed by atoms with E-state index >= 15 is 0 Å². The average molecular weight is 428 g/mol. The molecule has 1 heterocycles. The fourth-order valence-corrected chi connectivity index (χ4v) is 3.75. The Hall–Kier alpha value is -2.61. The minimum absolute atomic E-state index is 0.00523. The van der Waals surface area contributed by atoms with Gasteiger partial charge in [-0.3, -0.25) is 14.6 Å². The van der Waals surface area contributed by atoms with Crippen molar-refractivity contribution in [3.8, 4) is 11.5 Å². The Kier molecular flexibility index (Phi) is 8.28. The highest BCUT2D eigenvalue weighted by Gasteiger charge is 2.21. The summed E-state index contributed by atoms with van der Waals surface area (Å²) in [6.45, 7) is 8.37. The molecule has 2 aromatic rings. The molecule has 7 nitrogen and oxygen atoms in total. The third kappa shape index (κ3) is 6.95. The number of benzene rings is 2. The van der Waals surface area contributed by atoms with E-state index in [4.69, 9.17) is 9.47 Å². The maximum Gasteiger partial charge on any atom is 0.238 e. The lowest BCUT2D eigenvalue weighted by atomic mass is 10.1. The number of hydrogen-bond donors (Lipinski definition) is 2. The molecule has 2 N–H and O–H groups in total. The number of ether oxygens (including phenoxy) is 2. The number of amides is 1. The number of aliphatic hydroxyl groups excluding tert-OH is 1. The zero-order valence-electron chi connectivity index (χ0n) is 18.6. The Bertz CT molecular complexity index is 866. The van der Waals surface area contributed by atoms with Gasteiger partial charge in [0.1, 0.15) is 12.7 Å². The zero-order chi connectivity index (χ0) is 22.2. The van der Waals surface area contributed by atoms with E-state index in [1.165, 1.54) is 5.56 Å². The van der Waals surface area contributed by atoms with Gasteiger partial charge in [0.2, 0.25) is 5.91 Å². The summed E-state index contributed by atoms with van der Waals surface area (Å²) in [5, 5.41) is 13.4. The van der Waals surface area contributed by atoms with Crippen molar-refractivity contribution in [2.24, 2.45) is 0 Å². The number of para-hydroxylation sites is 2. The van der Waals surface area contributed by atoms with Crippen molar-refractivity contribution in [1.29, 1.82) is 0 Å². The van der Waals surface area contributed by atoms with Crippen molar-refractivity contribution in [2.45, 2.75) is 20.0 Å². The second kappa shape index (κ2) is 11.1. The summed E-state index contributed by atoms with van der Waals surface area (Å²) in [6, 6.07) is 13.4. The third-order valence-electron chi connectivity index (χ3n) is 5.46. The van der Waals surface area contributed by atoms with Crippen LogP contribution in [0.25, 0.3) is 0 Å². The number of carbonyl (C=O) groups excluding carboxylic acids is 1. The van der Waals surface area contributed by atoms with E-state index in [9.17, 15) is 9.90 Å². The highest BCUT2D eigenvalue weighted by Crippen LogP contribution is 2.25. The molecule has 3 rings (SSSR count). The van der Waals surface area contributed by atoms with E-state index in [1.54, 1.807) is 7.11 Å². The van der Waals surface area contributed by atoms with Crippen LogP contribution in [0.1, 0.15) is 11.1 Å². The Morgan fingerprint density at radius 1 is 1.06 bits per heavy atom. The van der Waals surface area contributed by atoms with E-state index in [0.29, 0.717) is 24.6 Å². The molecular weight excluding hydrogens is 394 g/mol. The molecule has 1 aliphatic rings. The van der Waals surface area contributed by atoms with Crippen LogP contribution in [-0.2, 0) is 4.79 Å². The van der Waals surface area contributed by atoms with Crippen LogP contribution in [0.5, 0.6) is 11.5 Å². The quantitative estimate of drug-likeness (QED) is 0.640. The molecule has 1 aliphatic heterocycles. The summed E-state index contributed by atoms with van der Waals surface area (Å²) >= 11 is 0. The normalized spacial score (nSPS) is 16.0. The first-order chi connectivity index (χ1) is 14.9. The van der Waals surface area contributed by atoms with E-state index in [1.807, 2.05) is 50.2 Å². The average Bonchev–Trinajstić information content (AvgIpc) is 2.76. The monoisotopic (exact) mass is 427 g/mol. The minimum atomic E-state index is -0.593. The number of β-amino-alcohol motifs (C(OH)–C–C–N with tert-alkyl or cyclic N) is 1. The minimum Gasteiger partial charge on any atom is -0.493 e. The van der Waals surface area contributed by atoms with Gasteiger partial charge in [0, 0.05) is 38.4 Å². The number of aliphatic hydroxyl groups is 1. The number of rotatable bonds is 9. The van der Waals surface area contributed by atoms with Gasteiger partial charge in [-0.1, -0.05) is 29.8 Å². The second-order valence-electron chi connectivity index (χ2n) is 8.06. The summed E-state index contributed by atoms with van der Waals surface area (Å²) in [7, 11) is 1.60. The van der Waals surface area contributed by atoms with Crippen LogP contribution in [0.15, 0.2) is 42.5 Å². The molecule has 1 saturated heterocycles. The van der Waals surface area contributed by atoms with Gasteiger partial charge >= 0.3 is 0 Å². The molecule has 0 aliphatic carbocycles. The van der Waals surface area contributed by atoms with Gasteiger partial charge in [-0.15, -0.1) is 0 Å². The number of nitrogens with zero attached hydrogens (tertiary/aromatic N) is 2. The van der Waals surface area contributed by atoms with Crippen LogP contribution < -0.4 is 14.8 Å². The molecule has 1 fully saturated rings. The molecule has 0 saturated carbocycles. The van der Waals surface area contributed by atoms with E-state index in [-0.39, 0.29) is 12.5 Å². The van der Waals surface area contributed by atoms with Crippen LogP contribution in [0.2, 0.25) is 0 Å². The number of hydrogen-bond acceptors (Lipinski definition) is 6. The van der Waals surface area contributed by atoms with Crippen LogP contribution >= 0.6 is 0 Å². The molecule has 0 unspecified atom stereocenters. The summed E-state index contributed by atoms with van der Waals surface area (Å²) in [5.41, 5.74) is 3.12. The van der Waals surface area contributed by atoms with Crippen molar-refractivity contribution >= 4 is 11.6 Å². The molecular formula is C24H33N3O4. The maximum absolute atomic E-state index is 12.4. The molecule has 0 radical (unpaired) electrons. The highest BCUT2D eigenvalue weighted by molar-refractivity contribution is 5.93. The van der Waals surface area contributed by atoms with Gasteiger partial charge in [0.15, 0.2) is 11.5 Å². The predicted octanol–water partition coefficient (Wildman–Crippen LogP) is 2.31. The molecule has 31 heavy (non-hydrogen) atoms. The molecule has 1 amide bonds. The van der Waals surface area contributed by atoms with Crippen molar-refractivity contribution in [2.75, 3.05) is 58.3 Å². The van der Waals surface area contributed by atoms with Crippen molar-refractivity contribution < 1.29 is 19.4 Å². The number of nitrogens with one attached hydrogen (secondary N) is 1.